The molecule has 0 fully saturated rings. The van der Waals surface area contributed by atoms with Crippen molar-refractivity contribution in [2.75, 3.05) is 20.2 Å². The van der Waals surface area contributed by atoms with Gasteiger partial charge in [0, 0.05) is 24.7 Å². The van der Waals surface area contributed by atoms with Crippen LogP contribution in [0.25, 0.3) is 10.9 Å². The number of benzene rings is 1. The molecule has 0 unspecified atom stereocenters. The lowest BCUT2D eigenvalue weighted by Gasteiger charge is -2.16. The van der Waals surface area contributed by atoms with Gasteiger partial charge in [0.05, 0.1) is 23.6 Å². The molecule has 128 valence electrons. The van der Waals surface area contributed by atoms with Crippen molar-refractivity contribution in [1.29, 1.82) is 5.26 Å². The maximum Gasteiger partial charge on any atom is 0.339 e. The van der Waals surface area contributed by atoms with Crippen molar-refractivity contribution in [3.05, 3.63) is 41.1 Å². The van der Waals surface area contributed by atoms with Crippen LogP contribution in [0.4, 0.5) is 0 Å². The molecule has 6 nitrogen and oxygen atoms in total. The second-order valence-electron chi connectivity index (χ2n) is 6.08. The maximum absolute atomic E-state index is 12.7. The Labute approximate surface area is 146 Å². The van der Waals surface area contributed by atoms with E-state index in [2.05, 4.69) is 4.98 Å². The van der Waals surface area contributed by atoms with Crippen LogP contribution in [0.15, 0.2) is 24.3 Å². The standard InChI is InChI=1S/C19H19N3O3/c1-22(11-5-10-20)17(23)12-25-19(24)18-13-6-2-3-8-15(13)21-16-9-4-7-14(16)18/h2-3,6,8H,4-5,7,9,11-12H2,1H3. The Balaban J connectivity index is 1.81. The number of rotatable bonds is 5. The number of hydrogen-bond donors (Lipinski definition) is 0. The molecule has 1 aliphatic rings. The van der Waals surface area contributed by atoms with Gasteiger partial charge in [0.15, 0.2) is 6.61 Å². The van der Waals surface area contributed by atoms with E-state index in [0.717, 1.165) is 41.4 Å². The van der Waals surface area contributed by atoms with Crippen LogP contribution in [0.5, 0.6) is 0 Å². The fourth-order valence-electron chi connectivity index (χ4n) is 3.10. The van der Waals surface area contributed by atoms with E-state index in [0.29, 0.717) is 12.1 Å². The first-order chi connectivity index (χ1) is 12.1. The lowest BCUT2D eigenvalue weighted by atomic mass is 10.0. The van der Waals surface area contributed by atoms with Crippen molar-refractivity contribution in [1.82, 2.24) is 9.88 Å². The Bertz CT molecular complexity index is 870. The van der Waals surface area contributed by atoms with Gasteiger partial charge in [-0.05, 0) is 30.9 Å². The normalized spacial score (nSPS) is 12.5. The number of ether oxygens (including phenoxy) is 1. The number of amides is 1. The smallest absolute Gasteiger partial charge is 0.339 e. The lowest BCUT2D eigenvalue weighted by molar-refractivity contribution is -0.133. The molecular weight excluding hydrogens is 318 g/mol. The van der Waals surface area contributed by atoms with Crippen LogP contribution >= 0.6 is 0 Å². The zero-order chi connectivity index (χ0) is 17.8. The van der Waals surface area contributed by atoms with Gasteiger partial charge in [-0.1, -0.05) is 18.2 Å². The maximum atomic E-state index is 12.7. The van der Waals surface area contributed by atoms with Gasteiger partial charge < -0.3 is 9.64 Å². The number of nitriles is 1. The third-order valence-electron chi connectivity index (χ3n) is 4.43. The molecule has 0 N–H and O–H groups in total. The first kappa shape index (κ1) is 16.9. The van der Waals surface area contributed by atoms with Gasteiger partial charge in [0.25, 0.3) is 5.91 Å². The van der Waals surface area contributed by atoms with Crippen LogP contribution in [0.2, 0.25) is 0 Å². The predicted octanol–water partition coefficient (Wildman–Crippen LogP) is 2.25. The predicted molar refractivity (Wildman–Crippen MR) is 91.9 cm³/mol. The fourth-order valence-corrected chi connectivity index (χ4v) is 3.10. The molecule has 0 saturated carbocycles. The lowest BCUT2D eigenvalue weighted by Crippen LogP contribution is -2.32. The summed E-state index contributed by atoms with van der Waals surface area (Å²) in [6.45, 7) is -0.00729. The van der Waals surface area contributed by atoms with Gasteiger partial charge >= 0.3 is 5.97 Å². The first-order valence-corrected chi connectivity index (χ1v) is 8.30. The number of esters is 1. The number of nitrogens with zero attached hydrogens (tertiary/aromatic N) is 3. The Morgan fingerprint density at radius 2 is 2.12 bits per heavy atom. The molecule has 3 rings (SSSR count). The minimum Gasteiger partial charge on any atom is -0.452 e. The van der Waals surface area contributed by atoms with E-state index in [1.807, 2.05) is 30.3 Å². The van der Waals surface area contributed by atoms with Crippen LogP contribution in [0, 0.1) is 11.3 Å². The van der Waals surface area contributed by atoms with Gasteiger partial charge in [-0.15, -0.1) is 0 Å². The molecule has 1 amide bonds. The summed E-state index contributed by atoms with van der Waals surface area (Å²) in [6.07, 6.45) is 2.87. The Morgan fingerprint density at radius 1 is 1.32 bits per heavy atom. The summed E-state index contributed by atoms with van der Waals surface area (Å²) in [5, 5.41) is 9.34. The summed E-state index contributed by atoms with van der Waals surface area (Å²) >= 11 is 0. The highest BCUT2D eigenvalue weighted by Gasteiger charge is 2.25. The van der Waals surface area contributed by atoms with Crippen molar-refractivity contribution >= 4 is 22.8 Å². The number of hydrogen-bond acceptors (Lipinski definition) is 5. The van der Waals surface area contributed by atoms with E-state index in [4.69, 9.17) is 10.00 Å². The fraction of sp³-hybridized carbons (Fsp3) is 0.368. The van der Waals surface area contributed by atoms with Crippen LogP contribution in [0.1, 0.15) is 34.5 Å². The van der Waals surface area contributed by atoms with E-state index in [1.54, 1.807) is 7.05 Å². The first-order valence-electron chi connectivity index (χ1n) is 8.30. The molecule has 0 saturated heterocycles. The summed E-state index contributed by atoms with van der Waals surface area (Å²) in [6, 6.07) is 9.48. The van der Waals surface area contributed by atoms with Gasteiger partial charge in [-0.2, -0.15) is 5.26 Å². The topological polar surface area (TPSA) is 83.3 Å². The molecule has 0 bridgehead atoms. The Kier molecular flexibility index (Phi) is 4.94. The molecule has 1 aliphatic carbocycles. The van der Waals surface area contributed by atoms with Crippen molar-refractivity contribution < 1.29 is 14.3 Å². The largest absolute Gasteiger partial charge is 0.452 e. The van der Waals surface area contributed by atoms with Crippen LogP contribution < -0.4 is 0 Å². The zero-order valence-corrected chi connectivity index (χ0v) is 14.1. The van der Waals surface area contributed by atoms with Gasteiger partial charge in [0.2, 0.25) is 0 Å². The summed E-state index contributed by atoms with van der Waals surface area (Å²) in [4.78, 5) is 30.7. The van der Waals surface area contributed by atoms with Crippen LogP contribution in [-0.2, 0) is 22.4 Å². The molecule has 1 aromatic heterocycles. The Hall–Kier alpha value is -2.94. The highest BCUT2D eigenvalue weighted by Crippen LogP contribution is 2.30. The molecule has 0 radical (unpaired) electrons. The number of fused-ring (bicyclic) bond motifs is 2. The SMILES string of the molecule is CN(CCC#N)C(=O)COC(=O)c1c2c(nc3ccccc13)CCC2. The van der Waals surface area contributed by atoms with Crippen molar-refractivity contribution in [3.63, 3.8) is 0 Å². The average Bonchev–Trinajstić information content (AvgIpc) is 3.09. The molecule has 0 atom stereocenters. The van der Waals surface area contributed by atoms with E-state index in [-0.39, 0.29) is 18.9 Å². The highest BCUT2D eigenvalue weighted by atomic mass is 16.5. The van der Waals surface area contributed by atoms with Crippen LogP contribution in [-0.4, -0.2) is 42.0 Å². The van der Waals surface area contributed by atoms with Crippen molar-refractivity contribution in [2.45, 2.75) is 25.7 Å². The summed E-state index contributed by atoms with van der Waals surface area (Å²) < 4.78 is 5.28. The number of pyridine rings is 1. The third kappa shape index (κ3) is 3.45. The van der Waals surface area contributed by atoms with E-state index < -0.39 is 5.97 Å². The summed E-state index contributed by atoms with van der Waals surface area (Å²) in [7, 11) is 1.59. The monoisotopic (exact) mass is 337 g/mol. The third-order valence-corrected chi connectivity index (χ3v) is 4.43. The summed E-state index contributed by atoms with van der Waals surface area (Å²) in [5.41, 5.74) is 3.19. The number of para-hydroxylation sites is 1. The second kappa shape index (κ2) is 7.31. The molecule has 1 aromatic carbocycles. The van der Waals surface area contributed by atoms with E-state index >= 15 is 0 Å². The number of likely N-dealkylation sites (N-methyl/N-ethyl adjacent to an activating group) is 1. The Morgan fingerprint density at radius 3 is 2.92 bits per heavy atom. The van der Waals surface area contributed by atoms with Crippen molar-refractivity contribution in [2.24, 2.45) is 0 Å². The highest BCUT2D eigenvalue weighted by molar-refractivity contribution is 6.05. The number of carbonyl (C=O) groups excluding carboxylic acids is 2. The molecular formula is C19H19N3O3. The van der Waals surface area contributed by atoms with E-state index in [1.165, 1.54) is 4.90 Å². The minimum atomic E-state index is -0.487. The number of aryl methyl sites for hydroxylation is 1. The molecule has 6 heteroatoms. The van der Waals surface area contributed by atoms with Gasteiger partial charge in [-0.25, -0.2) is 4.79 Å². The second-order valence-corrected chi connectivity index (χ2v) is 6.08. The molecule has 2 aromatic rings. The van der Waals surface area contributed by atoms with Gasteiger partial charge in [-0.3, -0.25) is 9.78 Å². The van der Waals surface area contributed by atoms with E-state index in [9.17, 15) is 9.59 Å². The quantitative estimate of drug-likeness (QED) is 0.782. The van der Waals surface area contributed by atoms with Crippen molar-refractivity contribution in [3.8, 4) is 6.07 Å². The molecule has 25 heavy (non-hydrogen) atoms. The number of carbonyl (C=O) groups is 2. The summed E-state index contributed by atoms with van der Waals surface area (Å²) in [5.74, 6) is -0.808. The molecule has 1 heterocycles. The molecule has 0 spiro atoms. The average molecular weight is 337 g/mol. The van der Waals surface area contributed by atoms with Crippen LogP contribution in [0.3, 0.4) is 0 Å². The minimum absolute atomic E-state index is 0.249. The zero-order valence-electron chi connectivity index (χ0n) is 14.1. The number of aromatic nitrogens is 1. The molecule has 0 aliphatic heterocycles. The van der Waals surface area contributed by atoms with Gasteiger partial charge in [0.1, 0.15) is 0 Å².